The van der Waals surface area contributed by atoms with E-state index in [-0.39, 0.29) is 31.9 Å². The third-order valence-electron chi connectivity index (χ3n) is 12.3. The van der Waals surface area contributed by atoms with Gasteiger partial charge in [-0.25, -0.2) is 4.98 Å². The molecule has 0 saturated heterocycles. The quantitative estimate of drug-likeness (QED) is 0.149. The van der Waals surface area contributed by atoms with Crippen LogP contribution in [0.2, 0.25) is 0 Å². The Hall–Kier alpha value is -6.42. The summed E-state index contributed by atoms with van der Waals surface area (Å²) in [6, 6.07) is 61.4. The summed E-state index contributed by atoms with van der Waals surface area (Å²) in [5.74, 6) is 2.05. The number of rotatable bonds is 7. The Balaban J connectivity index is 0.00000518. The fourth-order valence-electron chi connectivity index (χ4n) is 8.91. The molecule has 7 aromatic carbocycles. The number of nitrogens with zero attached hydrogens (tertiary/aromatic N) is 4. The van der Waals surface area contributed by atoms with E-state index >= 15 is 0 Å². The third-order valence-corrected chi connectivity index (χ3v) is 12.3. The van der Waals surface area contributed by atoms with Crippen LogP contribution < -0.4 is 14.5 Å². The minimum Gasteiger partial charge on any atom is -0.509 e. The fraction of sp³-hybridized carbons (Fsp3) is 0.172. The Labute approximate surface area is 392 Å². The van der Waals surface area contributed by atoms with Gasteiger partial charge in [-0.15, -0.1) is 53.6 Å². The molecule has 3 heterocycles. The van der Waals surface area contributed by atoms with Gasteiger partial charge >= 0.3 is 0 Å². The zero-order valence-corrected chi connectivity index (χ0v) is 39.9. The van der Waals surface area contributed by atoms with Gasteiger partial charge in [0.2, 0.25) is 0 Å². The predicted molar refractivity (Wildman–Crippen MR) is 262 cm³/mol. The molecule has 0 fully saturated rings. The summed E-state index contributed by atoms with van der Waals surface area (Å²) in [5, 5.41) is 2.23. The summed E-state index contributed by atoms with van der Waals surface area (Å²) >= 11 is 0. The Morgan fingerprint density at radius 1 is 0.547 bits per heavy atom. The van der Waals surface area contributed by atoms with E-state index < -0.39 is 0 Å². The van der Waals surface area contributed by atoms with Crippen LogP contribution in [0, 0.1) is 32.6 Å². The van der Waals surface area contributed by atoms with Crippen LogP contribution in [0.1, 0.15) is 63.8 Å². The number of fused-ring (bicyclic) bond motifs is 4. The summed E-state index contributed by atoms with van der Waals surface area (Å²) in [6.45, 7) is 20.0. The maximum absolute atomic E-state index is 6.92. The molecule has 2 aromatic heterocycles. The number of hydrogen-bond donors (Lipinski definition) is 0. The number of aryl methyl sites for hydroxylation is 2. The zero-order chi connectivity index (χ0) is 43.6. The van der Waals surface area contributed by atoms with Crippen LogP contribution in [0.5, 0.6) is 11.5 Å². The number of aromatic nitrogens is 2. The molecular formula is C58H51N4OPt-3. The van der Waals surface area contributed by atoms with Crippen LogP contribution >= 0.6 is 0 Å². The second-order valence-electron chi connectivity index (χ2n) is 18.8. The summed E-state index contributed by atoms with van der Waals surface area (Å²) in [6.07, 6.45) is 1.91. The molecule has 322 valence electrons. The molecule has 5 nitrogen and oxygen atoms in total. The molecule has 9 aromatic rings. The number of benzene rings is 7. The molecule has 0 saturated carbocycles. The second-order valence-corrected chi connectivity index (χ2v) is 18.8. The molecule has 0 amide bonds. The van der Waals surface area contributed by atoms with E-state index in [0.717, 1.165) is 61.5 Å². The monoisotopic (exact) mass is 1010 g/mol. The summed E-state index contributed by atoms with van der Waals surface area (Å²) in [4.78, 5) is 9.45. The van der Waals surface area contributed by atoms with Crippen molar-refractivity contribution in [2.45, 2.75) is 66.2 Å². The van der Waals surface area contributed by atoms with Crippen molar-refractivity contribution in [2.75, 3.05) is 9.80 Å². The number of hydrogen-bond acceptors (Lipinski definition) is 4. The third kappa shape index (κ3) is 7.92. The van der Waals surface area contributed by atoms with E-state index in [1.54, 1.807) is 0 Å². The normalized spacial score (nSPS) is 12.8. The van der Waals surface area contributed by atoms with Crippen LogP contribution in [0.3, 0.4) is 0 Å². The molecule has 10 rings (SSSR count). The molecule has 1 aliphatic heterocycles. The number of ether oxygens (including phenoxy) is 1. The van der Waals surface area contributed by atoms with Crippen molar-refractivity contribution in [1.29, 1.82) is 0 Å². The molecule has 0 radical (unpaired) electrons. The molecular weight excluding hydrogens is 964 g/mol. The second kappa shape index (κ2) is 16.6. The first-order valence-electron chi connectivity index (χ1n) is 21.8. The van der Waals surface area contributed by atoms with Gasteiger partial charge in [-0.3, -0.25) is 0 Å². The van der Waals surface area contributed by atoms with Gasteiger partial charge in [0, 0.05) is 61.3 Å². The van der Waals surface area contributed by atoms with Crippen molar-refractivity contribution in [3.05, 3.63) is 199 Å². The van der Waals surface area contributed by atoms with E-state index in [1.165, 1.54) is 33.4 Å². The molecule has 0 unspecified atom stereocenters. The average molecular weight is 1020 g/mol. The first-order chi connectivity index (χ1) is 30.3. The smallest absolute Gasteiger partial charge is 0.135 e. The van der Waals surface area contributed by atoms with E-state index in [0.29, 0.717) is 11.5 Å². The van der Waals surface area contributed by atoms with E-state index in [2.05, 4.69) is 234 Å². The molecule has 0 aliphatic carbocycles. The fourth-order valence-corrected chi connectivity index (χ4v) is 8.91. The maximum Gasteiger partial charge on any atom is 0.135 e. The van der Waals surface area contributed by atoms with Gasteiger partial charge in [0.1, 0.15) is 5.82 Å². The summed E-state index contributed by atoms with van der Waals surface area (Å²) < 4.78 is 9.13. The van der Waals surface area contributed by atoms with Gasteiger partial charge in [0.15, 0.2) is 0 Å². The van der Waals surface area contributed by atoms with Crippen LogP contribution in [0.25, 0.3) is 49.9 Å². The van der Waals surface area contributed by atoms with Crippen LogP contribution in [0.15, 0.2) is 158 Å². The minimum atomic E-state index is -0.0375. The topological polar surface area (TPSA) is 33.5 Å². The maximum atomic E-state index is 6.92. The summed E-state index contributed by atoms with van der Waals surface area (Å²) in [7, 11) is 0. The van der Waals surface area contributed by atoms with Crippen LogP contribution in [-0.4, -0.2) is 9.55 Å². The van der Waals surface area contributed by atoms with Gasteiger partial charge in [0.25, 0.3) is 0 Å². The number of anilines is 4. The van der Waals surface area contributed by atoms with E-state index in [9.17, 15) is 0 Å². The molecule has 0 spiro atoms. The molecule has 0 N–H and O–H groups in total. The molecule has 0 bridgehead atoms. The van der Waals surface area contributed by atoms with E-state index in [1.807, 2.05) is 12.3 Å². The predicted octanol–water partition coefficient (Wildman–Crippen LogP) is 15.5. The molecule has 0 atom stereocenters. The van der Waals surface area contributed by atoms with Crippen molar-refractivity contribution < 1.29 is 25.8 Å². The Bertz CT molecular complexity index is 3170. The van der Waals surface area contributed by atoms with Crippen molar-refractivity contribution in [1.82, 2.24) is 9.55 Å². The van der Waals surface area contributed by atoms with Crippen molar-refractivity contribution in [2.24, 2.45) is 0 Å². The SMILES string of the molecule is Cc1cccc(C)c1-c1cc(Oc2[c-]c3c(cc2)c2ccccc2n3-c2cc(C(C)(C)C)ccn2)[c-]c(N2[CH-]N(c3cccc(-c4ccccc4)c3)c3cc(C(C)(C)C)ccc32)c1.[Pt]. The first kappa shape index (κ1) is 42.9. The van der Waals surface area contributed by atoms with Gasteiger partial charge < -0.3 is 19.1 Å². The van der Waals surface area contributed by atoms with Gasteiger partial charge in [-0.1, -0.05) is 132 Å². The first-order valence-corrected chi connectivity index (χ1v) is 21.8. The van der Waals surface area contributed by atoms with Crippen molar-refractivity contribution >= 4 is 44.6 Å². The number of para-hydroxylation sites is 1. The van der Waals surface area contributed by atoms with Gasteiger partial charge in [0.05, 0.1) is 0 Å². The Morgan fingerprint density at radius 2 is 1.25 bits per heavy atom. The Morgan fingerprint density at radius 3 is 2.02 bits per heavy atom. The standard InChI is InChI=1S/C58H51N4O.Pt/c1-38-16-14-17-39(2)56(38)42-31-46(61-37-60(54-33-43(57(3,4)5)24-27-52(54)61)45-21-15-20-41(30-45)40-18-10-9-11-19-40)35-48(32-42)63-47-25-26-50-49-22-12-13-23-51(49)62(53(50)36-47)55-34-44(28-29-59-55)58(6,7)8;/h9-34,37H,1-8H3;/q-3;. The van der Waals surface area contributed by atoms with Gasteiger partial charge in [-0.05, 0) is 111 Å². The average Bonchev–Trinajstić information content (AvgIpc) is 3.82. The van der Waals surface area contributed by atoms with E-state index in [4.69, 9.17) is 9.72 Å². The molecule has 6 heteroatoms. The molecule has 1 aliphatic rings. The van der Waals surface area contributed by atoms with Crippen molar-refractivity contribution in [3.63, 3.8) is 0 Å². The minimum absolute atomic E-state index is 0. The van der Waals surface area contributed by atoms with Crippen LogP contribution in [-0.2, 0) is 31.9 Å². The zero-order valence-electron chi connectivity index (χ0n) is 37.6. The number of pyridine rings is 1. The largest absolute Gasteiger partial charge is 0.509 e. The summed E-state index contributed by atoms with van der Waals surface area (Å²) in [5.41, 5.74) is 15.5. The Kier molecular flexibility index (Phi) is 11.1. The van der Waals surface area contributed by atoms with Crippen LogP contribution in [0.4, 0.5) is 22.7 Å². The van der Waals surface area contributed by atoms with Gasteiger partial charge in [-0.2, -0.15) is 6.07 Å². The van der Waals surface area contributed by atoms with Crippen molar-refractivity contribution in [3.8, 4) is 39.6 Å². The molecule has 64 heavy (non-hydrogen) atoms.